The van der Waals surface area contributed by atoms with Gasteiger partial charge < -0.3 is 15.5 Å². The highest BCUT2D eigenvalue weighted by atomic mass is 19.1. The summed E-state index contributed by atoms with van der Waals surface area (Å²) in [5.74, 6) is -0.466. The maximum atomic E-state index is 13.4. The lowest BCUT2D eigenvalue weighted by atomic mass is 10.2. The number of hydrogen-bond acceptors (Lipinski definition) is 5. The van der Waals surface area contributed by atoms with Gasteiger partial charge in [0.1, 0.15) is 11.9 Å². The third-order valence-electron chi connectivity index (χ3n) is 3.29. The van der Waals surface area contributed by atoms with Gasteiger partial charge in [0.05, 0.1) is 6.54 Å². The summed E-state index contributed by atoms with van der Waals surface area (Å²) in [5.41, 5.74) is 5.33. The maximum absolute atomic E-state index is 13.4. The summed E-state index contributed by atoms with van der Waals surface area (Å²) >= 11 is 0. The molecule has 0 bridgehead atoms. The number of carbonyl (C=O) groups excluding carboxylic acids is 2. The molecule has 0 aliphatic carbocycles. The molecule has 2 rings (SSSR count). The highest BCUT2D eigenvalue weighted by molar-refractivity contribution is 5.93. The van der Waals surface area contributed by atoms with E-state index in [1.807, 2.05) is 0 Å². The Labute approximate surface area is 115 Å². The van der Waals surface area contributed by atoms with Crippen molar-refractivity contribution in [2.75, 3.05) is 19.6 Å². The van der Waals surface area contributed by atoms with Crippen LogP contribution in [0.1, 0.15) is 22.7 Å². The molecule has 1 fully saturated rings. The molecule has 0 spiro atoms. The third kappa shape index (κ3) is 3.32. The van der Waals surface area contributed by atoms with E-state index in [-0.39, 0.29) is 43.7 Å². The standard InChI is InChI=1S/C12H17FN4O3/c1-7-11(16-6-20-7)12(19)15-3-9-2-8(13)4-17(9)5-10(14)18/h6,8-9H,2-5H2,1H3,(H2,14,18)(H,15,19)/t8-,9-/m0/s1. The number of alkyl halides is 1. The van der Waals surface area contributed by atoms with Crippen LogP contribution in [0.5, 0.6) is 0 Å². The summed E-state index contributed by atoms with van der Waals surface area (Å²) in [6.45, 7) is 2.02. The Morgan fingerprint density at radius 2 is 2.40 bits per heavy atom. The van der Waals surface area contributed by atoms with Crippen LogP contribution in [0.2, 0.25) is 0 Å². The molecule has 1 aliphatic rings. The minimum Gasteiger partial charge on any atom is -0.448 e. The molecule has 1 aromatic heterocycles. The molecule has 2 atom stereocenters. The minimum atomic E-state index is -1.01. The molecule has 8 heteroatoms. The fourth-order valence-electron chi connectivity index (χ4n) is 2.35. The van der Waals surface area contributed by atoms with E-state index >= 15 is 0 Å². The van der Waals surface area contributed by atoms with Gasteiger partial charge in [0.15, 0.2) is 12.1 Å². The van der Waals surface area contributed by atoms with Crippen molar-refractivity contribution in [2.24, 2.45) is 5.73 Å². The number of oxazole rings is 1. The van der Waals surface area contributed by atoms with Crippen molar-refractivity contribution in [1.82, 2.24) is 15.2 Å². The van der Waals surface area contributed by atoms with E-state index in [9.17, 15) is 14.0 Å². The van der Waals surface area contributed by atoms with Crippen LogP contribution in [0.25, 0.3) is 0 Å². The van der Waals surface area contributed by atoms with Gasteiger partial charge in [-0.15, -0.1) is 0 Å². The Morgan fingerprint density at radius 3 is 3.00 bits per heavy atom. The van der Waals surface area contributed by atoms with Crippen LogP contribution in [0, 0.1) is 6.92 Å². The lowest BCUT2D eigenvalue weighted by Crippen LogP contribution is -2.43. The zero-order valence-corrected chi connectivity index (χ0v) is 11.1. The highest BCUT2D eigenvalue weighted by Crippen LogP contribution is 2.19. The summed E-state index contributed by atoms with van der Waals surface area (Å²) in [6.07, 6.45) is 0.451. The number of likely N-dealkylation sites (tertiary alicyclic amines) is 1. The Bertz CT molecular complexity index is 505. The summed E-state index contributed by atoms with van der Waals surface area (Å²) < 4.78 is 18.3. The SMILES string of the molecule is Cc1ocnc1C(=O)NC[C@@H]1C[C@H](F)CN1CC(N)=O. The maximum Gasteiger partial charge on any atom is 0.273 e. The second-order valence-corrected chi connectivity index (χ2v) is 4.85. The number of primary amides is 1. The molecule has 0 saturated carbocycles. The van der Waals surface area contributed by atoms with Crippen molar-refractivity contribution in [1.29, 1.82) is 0 Å². The number of aryl methyl sites for hydroxylation is 1. The molecule has 7 nitrogen and oxygen atoms in total. The first-order chi connectivity index (χ1) is 9.47. The highest BCUT2D eigenvalue weighted by Gasteiger charge is 2.33. The Balaban J connectivity index is 1.90. The van der Waals surface area contributed by atoms with E-state index in [0.29, 0.717) is 5.76 Å². The molecule has 1 saturated heterocycles. The van der Waals surface area contributed by atoms with E-state index in [2.05, 4.69) is 10.3 Å². The predicted molar refractivity (Wildman–Crippen MR) is 67.6 cm³/mol. The topological polar surface area (TPSA) is 101 Å². The number of nitrogens with one attached hydrogen (secondary N) is 1. The van der Waals surface area contributed by atoms with Gasteiger partial charge in [0.25, 0.3) is 5.91 Å². The number of hydrogen-bond donors (Lipinski definition) is 2. The molecule has 0 unspecified atom stereocenters. The van der Waals surface area contributed by atoms with Crippen molar-refractivity contribution >= 4 is 11.8 Å². The van der Waals surface area contributed by atoms with Crippen LogP contribution in [0.15, 0.2) is 10.8 Å². The molecule has 3 N–H and O–H groups in total. The summed E-state index contributed by atoms with van der Waals surface area (Å²) in [5, 5.41) is 2.67. The number of carbonyl (C=O) groups is 2. The van der Waals surface area contributed by atoms with Gasteiger partial charge in [-0.2, -0.15) is 0 Å². The lowest BCUT2D eigenvalue weighted by molar-refractivity contribution is -0.119. The molecule has 2 heterocycles. The van der Waals surface area contributed by atoms with E-state index < -0.39 is 12.1 Å². The van der Waals surface area contributed by atoms with Crippen molar-refractivity contribution in [3.05, 3.63) is 17.8 Å². The van der Waals surface area contributed by atoms with Crippen molar-refractivity contribution in [3.8, 4) is 0 Å². The second kappa shape index (κ2) is 6.00. The number of halogens is 1. The van der Waals surface area contributed by atoms with Gasteiger partial charge >= 0.3 is 0 Å². The van der Waals surface area contributed by atoms with Gasteiger partial charge in [-0.25, -0.2) is 9.37 Å². The smallest absolute Gasteiger partial charge is 0.273 e. The molecule has 1 aromatic rings. The van der Waals surface area contributed by atoms with Gasteiger partial charge in [0.2, 0.25) is 5.91 Å². The number of aromatic nitrogens is 1. The Morgan fingerprint density at radius 1 is 1.65 bits per heavy atom. The predicted octanol–water partition coefficient (Wildman–Crippen LogP) is -0.389. The first-order valence-corrected chi connectivity index (χ1v) is 6.32. The molecule has 0 radical (unpaired) electrons. The van der Waals surface area contributed by atoms with E-state index in [1.165, 1.54) is 6.39 Å². The van der Waals surface area contributed by atoms with Gasteiger partial charge in [-0.3, -0.25) is 14.5 Å². The van der Waals surface area contributed by atoms with Gasteiger partial charge in [-0.05, 0) is 13.3 Å². The molecule has 110 valence electrons. The Kier molecular flexibility index (Phi) is 4.33. The van der Waals surface area contributed by atoms with Crippen molar-refractivity contribution < 1.29 is 18.4 Å². The van der Waals surface area contributed by atoms with Gasteiger partial charge in [-0.1, -0.05) is 0 Å². The second-order valence-electron chi connectivity index (χ2n) is 4.85. The number of nitrogens with two attached hydrogens (primary N) is 1. The Hall–Kier alpha value is -1.96. The third-order valence-corrected chi connectivity index (χ3v) is 3.29. The largest absolute Gasteiger partial charge is 0.448 e. The van der Waals surface area contributed by atoms with Crippen LogP contribution in [-0.4, -0.2) is 53.5 Å². The summed E-state index contributed by atoms with van der Waals surface area (Å²) in [7, 11) is 0. The molecule has 1 aliphatic heterocycles. The van der Waals surface area contributed by atoms with Crippen LogP contribution in [0.3, 0.4) is 0 Å². The fourth-order valence-corrected chi connectivity index (χ4v) is 2.35. The van der Waals surface area contributed by atoms with Crippen molar-refractivity contribution in [2.45, 2.75) is 25.6 Å². The van der Waals surface area contributed by atoms with E-state index in [1.54, 1.807) is 11.8 Å². The van der Waals surface area contributed by atoms with Crippen LogP contribution >= 0.6 is 0 Å². The zero-order chi connectivity index (χ0) is 14.7. The molecular weight excluding hydrogens is 267 g/mol. The van der Waals surface area contributed by atoms with Gasteiger partial charge in [0, 0.05) is 19.1 Å². The quantitative estimate of drug-likeness (QED) is 0.767. The zero-order valence-electron chi connectivity index (χ0n) is 11.1. The minimum absolute atomic E-state index is 0.00997. The van der Waals surface area contributed by atoms with Crippen molar-refractivity contribution in [3.63, 3.8) is 0 Å². The number of amides is 2. The van der Waals surface area contributed by atoms with Crippen LogP contribution in [-0.2, 0) is 4.79 Å². The normalized spacial score (nSPS) is 22.9. The molecular formula is C12H17FN4O3. The molecule has 2 amide bonds. The average molecular weight is 284 g/mol. The van der Waals surface area contributed by atoms with Crippen LogP contribution in [0.4, 0.5) is 4.39 Å². The molecule has 20 heavy (non-hydrogen) atoms. The molecule has 0 aromatic carbocycles. The monoisotopic (exact) mass is 284 g/mol. The van der Waals surface area contributed by atoms with E-state index in [0.717, 1.165) is 0 Å². The van der Waals surface area contributed by atoms with Crippen LogP contribution < -0.4 is 11.1 Å². The summed E-state index contributed by atoms with van der Waals surface area (Å²) in [6, 6.07) is -0.242. The average Bonchev–Trinajstić information content (AvgIpc) is 2.92. The van der Waals surface area contributed by atoms with E-state index in [4.69, 9.17) is 10.2 Å². The first kappa shape index (κ1) is 14.4. The number of nitrogens with zero attached hydrogens (tertiary/aromatic N) is 2. The first-order valence-electron chi connectivity index (χ1n) is 6.32. The lowest BCUT2D eigenvalue weighted by Gasteiger charge is -2.22. The number of rotatable bonds is 5. The summed E-state index contributed by atoms with van der Waals surface area (Å²) in [4.78, 5) is 28.2. The fraction of sp³-hybridized carbons (Fsp3) is 0.583.